The molecule has 11 heteroatoms. The number of aliphatic imine (C=N–C) groups is 1. The molecule has 1 aromatic heterocycles. The number of para-hydroxylation sites is 1. The SMILES string of the molecule is COC(=O)C1=NC2=NS(=O)(=O)c3ccccc3N2N1Cc1cscc1Br. The van der Waals surface area contributed by atoms with Crippen molar-refractivity contribution in [3.05, 3.63) is 45.1 Å². The second-order valence-electron chi connectivity index (χ2n) is 5.38. The summed E-state index contributed by atoms with van der Waals surface area (Å²) in [6.07, 6.45) is 0. The smallest absolute Gasteiger partial charge is 0.375 e. The molecule has 0 atom stereocenters. The van der Waals surface area contributed by atoms with Crippen molar-refractivity contribution in [3.8, 4) is 0 Å². The van der Waals surface area contributed by atoms with Crippen molar-refractivity contribution < 1.29 is 17.9 Å². The number of fused-ring (bicyclic) bond motifs is 3. The molecule has 0 N–H and O–H groups in total. The Kier molecular flexibility index (Phi) is 4.09. The number of carbonyl (C=O) groups excluding carboxylic acids is 1. The zero-order valence-electron chi connectivity index (χ0n) is 13.3. The third-order valence-corrected chi connectivity index (χ3v) is 6.97. The molecule has 0 saturated carbocycles. The number of benzene rings is 1. The molecule has 1 aromatic carbocycles. The Labute approximate surface area is 161 Å². The highest BCUT2D eigenvalue weighted by Gasteiger charge is 2.42. The highest BCUT2D eigenvalue weighted by atomic mass is 79.9. The quantitative estimate of drug-likeness (QED) is 0.661. The maximum Gasteiger partial charge on any atom is 0.375 e. The Hall–Kier alpha value is -2.24. The van der Waals surface area contributed by atoms with E-state index in [0.29, 0.717) is 5.69 Å². The fourth-order valence-electron chi connectivity index (χ4n) is 2.68. The van der Waals surface area contributed by atoms with E-state index in [2.05, 4.69) is 25.3 Å². The van der Waals surface area contributed by atoms with Crippen LogP contribution < -0.4 is 5.01 Å². The third-order valence-electron chi connectivity index (χ3n) is 3.83. The summed E-state index contributed by atoms with van der Waals surface area (Å²) in [5.41, 5.74) is 1.30. The van der Waals surface area contributed by atoms with E-state index in [1.807, 2.05) is 10.8 Å². The lowest BCUT2D eigenvalue weighted by Gasteiger charge is -2.33. The summed E-state index contributed by atoms with van der Waals surface area (Å²) in [7, 11) is -2.65. The molecular weight excluding hydrogens is 444 g/mol. The van der Waals surface area contributed by atoms with Crippen LogP contribution in [0.25, 0.3) is 0 Å². The van der Waals surface area contributed by atoms with Crippen LogP contribution in [0, 0.1) is 0 Å². The molecule has 2 aliphatic heterocycles. The first-order valence-electron chi connectivity index (χ1n) is 7.31. The van der Waals surface area contributed by atoms with E-state index in [1.54, 1.807) is 23.2 Å². The molecule has 0 spiro atoms. The minimum Gasteiger partial charge on any atom is -0.463 e. The monoisotopic (exact) mass is 454 g/mol. The van der Waals surface area contributed by atoms with Crippen molar-refractivity contribution in [2.75, 3.05) is 12.1 Å². The van der Waals surface area contributed by atoms with Crippen LogP contribution >= 0.6 is 27.3 Å². The minimum atomic E-state index is -3.89. The van der Waals surface area contributed by atoms with E-state index >= 15 is 0 Å². The maximum atomic E-state index is 12.4. The zero-order valence-corrected chi connectivity index (χ0v) is 16.5. The summed E-state index contributed by atoms with van der Waals surface area (Å²) in [4.78, 5) is 16.4. The van der Waals surface area contributed by atoms with Gasteiger partial charge in [-0.15, -0.1) is 4.40 Å². The molecule has 3 heterocycles. The number of halogens is 1. The topological polar surface area (TPSA) is 91.6 Å². The lowest BCUT2D eigenvalue weighted by molar-refractivity contribution is -0.133. The van der Waals surface area contributed by atoms with Gasteiger partial charge in [-0.05, 0) is 39.0 Å². The predicted molar refractivity (Wildman–Crippen MR) is 101 cm³/mol. The average molecular weight is 455 g/mol. The number of carbonyl (C=O) groups is 1. The van der Waals surface area contributed by atoms with Gasteiger partial charge in [-0.3, -0.25) is 0 Å². The molecule has 26 heavy (non-hydrogen) atoms. The molecule has 0 aliphatic carbocycles. The van der Waals surface area contributed by atoms with Crippen molar-refractivity contribution in [1.82, 2.24) is 5.01 Å². The molecule has 0 radical (unpaired) electrons. The number of sulfonamides is 1. The van der Waals surface area contributed by atoms with Crippen LogP contribution in [0.5, 0.6) is 0 Å². The number of ether oxygens (including phenoxy) is 1. The number of anilines is 1. The first-order chi connectivity index (χ1) is 12.4. The molecule has 2 aliphatic rings. The number of nitrogens with zero attached hydrogens (tertiary/aromatic N) is 4. The van der Waals surface area contributed by atoms with Gasteiger partial charge in [0.2, 0.25) is 5.84 Å². The van der Waals surface area contributed by atoms with Gasteiger partial charge in [0.15, 0.2) is 0 Å². The number of thiophene rings is 1. The van der Waals surface area contributed by atoms with E-state index in [0.717, 1.165) is 10.0 Å². The summed E-state index contributed by atoms with van der Waals surface area (Å²) in [6, 6.07) is 6.45. The van der Waals surface area contributed by atoms with E-state index in [-0.39, 0.29) is 23.2 Å². The second-order valence-corrected chi connectivity index (χ2v) is 8.55. The van der Waals surface area contributed by atoms with Gasteiger partial charge in [0.1, 0.15) is 4.90 Å². The van der Waals surface area contributed by atoms with Crippen molar-refractivity contribution >= 4 is 60.7 Å². The maximum absolute atomic E-state index is 12.4. The van der Waals surface area contributed by atoms with Gasteiger partial charge in [-0.25, -0.2) is 14.8 Å². The van der Waals surface area contributed by atoms with E-state index in [4.69, 9.17) is 4.74 Å². The van der Waals surface area contributed by atoms with Crippen LogP contribution in [-0.4, -0.2) is 38.3 Å². The first kappa shape index (κ1) is 17.2. The number of amidine groups is 1. The Morgan fingerprint density at radius 3 is 2.77 bits per heavy atom. The van der Waals surface area contributed by atoms with Crippen molar-refractivity contribution in [2.45, 2.75) is 11.4 Å². The van der Waals surface area contributed by atoms with Crippen molar-refractivity contribution in [1.29, 1.82) is 0 Å². The number of guanidine groups is 1. The average Bonchev–Trinajstić information content (AvgIpc) is 3.18. The summed E-state index contributed by atoms with van der Waals surface area (Å²) < 4.78 is 34.3. The normalized spacial score (nSPS) is 17.3. The van der Waals surface area contributed by atoms with Crippen LogP contribution in [0.4, 0.5) is 5.69 Å². The van der Waals surface area contributed by atoms with E-state index in [9.17, 15) is 13.2 Å². The van der Waals surface area contributed by atoms with Crippen LogP contribution in [0.2, 0.25) is 0 Å². The molecule has 0 amide bonds. The predicted octanol–water partition coefficient (Wildman–Crippen LogP) is 2.38. The van der Waals surface area contributed by atoms with Gasteiger partial charge in [0.05, 0.1) is 19.3 Å². The van der Waals surface area contributed by atoms with Gasteiger partial charge < -0.3 is 4.74 Å². The Balaban J connectivity index is 1.87. The molecule has 8 nitrogen and oxygen atoms in total. The summed E-state index contributed by atoms with van der Waals surface area (Å²) >= 11 is 4.97. The molecule has 2 aromatic rings. The van der Waals surface area contributed by atoms with Crippen molar-refractivity contribution in [2.24, 2.45) is 9.39 Å². The largest absolute Gasteiger partial charge is 0.463 e. The number of rotatable bonds is 3. The molecule has 0 saturated heterocycles. The highest BCUT2D eigenvalue weighted by Crippen LogP contribution is 2.36. The lowest BCUT2D eigenvalue weighted by Crippen LogP contribution is -2.47. The molecule has 0 unspecified atom stereocenters. The van der Waals surface area contributed by atoms with Gasteiger partial charge in [0.25, 0.3) is 16.0 Å². The standard InChI is InChI=1S/C15H11BrN4O4S2/c1-24-14(21)13-17-15-18-26(22,23)12-5-3-2-4-11(12)20(15)19(13)6-9-7-25-8-10(9)16/h2-5,7-8H,6H2,1H3. The Bertz CT molecular complexity index is 1080. The fourth-order valence-corrected chi connectivity index (χ4v) is 5.20. The van der Waals surface area contributed by atoms with Crippen LogP contribution in [0.3, 0.4) is 0 Å². The van der Waals surface area contributed by atoms with Gasteiger partial charge in [-0.1, -0.05) is 12.1 Å². The summed E-state index contributed by atoms with van der Waals surface area (Å²) in [6.45, 7) is 0.283. The van der Waals surface area contributed by atoms with Gasteiger partial charge in [-0.2, -0.15) is 24.7 Å². The first-order valence-corrected chi connectivity index (χ1v) is 10.5. The van der Waals surface area contributed by atoms with Crippen LogP contribution in [0.1, 0.15) is 5.56 Å². The highest BCUT2D eigenvalue weighted by molar-refractivity contribution is 9.10. The fraction of sp³-hybridized carbons (Fsp3) is 0.133. The van der Waals surface area contributed by atoms with Gasteiger partial charge >= 0.3 is 5.97 Å². The Morgan fingerprint density at radius 2 is 2.08 bits per heavy atom. The van der Waals surface area contributed by atoms with Crippen molar-refractivity contribution in [3.63, 3.8) is 0 Å². The summed E-state index contributed by atoms with van der Waals surface area (Å²) in [5.74, 6) is -0.796. The van der Waals surface area contributed by atoms with E-state index < -0.39 is 16.0 Å². The zero-order chi connectivity index (χ0) is 18.5. The van der Waals surface area contributed by atoms with Crippen LogP contribution in [-0.2, 0) is 26.1 Å². The molecule has 134 valence electrons. The number of hydrazine groups is 1. The number of esters is 1. The molecule has 4 rings (SSSR count). The van der Waals surface area contributed by atoms with Gasteiger partial charge in [0, 0.05) is 9.85 Å². The minimum absolute atomic E-state index is 0.0312. The molecule has 0 bridgehead atoms. The van der Waals surface area contributed by atoms with E-state index in [1.165, 1.54) is 29.5 Å². The second kappa shape index (κ2) is 6.18. The Morgan fingerprint density at radius 1 is 1.31 bits per heavy atom. The third kappa shape index (κ3) is 2.63. The number of hydrogen-bond donors (Lipinski definition) is 0. The number of methoxy groups -OCH3 is 1. The molecular formula is C15H11BrN4O4S2. The molecule has 0 fully saturated rings. The number of hydrogen-bond acceptors (Lipinski definition) is 8. The lowest BCUT2D eigenvalue weighted by atomic mass is 10.3. The van der Waals surface area contributed by atoms with Crippen LogP contribution in [0.15, 0.2) is 53.8 Å². The summed E-state index contributed by atoms with van der Waals surface area (Å²) in [5, 5.41) is 6.93.